The highest BCUT2D eigenvalue weighted by Gasteiger charge is 2.14. The second-order valence-electron chi connectivity index (χ2n) is 1.89. The number of halogens is 1. The molecule has 12 heavy (non-hydrogen) atoms. The number of pyridine rings is 1. The summed E-state index contributed by atoms with van der Waals surface area (Å²) in [4.78, 5) is 13.3. The standard InChI is InChI=1S/C5H4IN3O3/c6-3-1-4(9(11)12)5(8-10)7-2-3/h1-2,10H,(H,7,8). The monoisotopic (exact) mass is 281 g/mol. The summed E-state index contributed by atoms with van der Waals surface area (Å²) in [7, 11) is 0. The summed E-state index contributed by atoms with van der Waals surface area (Å²) in [6.45, 7) is 0. The molecule has 0 atom stereocenters. The molecule has 0 saturated heterocycles. The van der Waals surface area contributed by atoms with E-state index in [0.717, 1.165) is 0 Å². The third-order valence-corrected chi connectivity index (χ3v) is 1.73. The zero-order valence-corrected chi connectivity index (χ0v) is 7.85. The lowest BCUT2D eigenvalue weighted by molar-refractivity contribution is -0.384. The van der Waals surface area contributed by atoms with Crippen LogP contribution in [0.15, 0.2) is 12.3 Å². The van der Waals surface area contributed by atoms with Crippen molar-refractivity contribution in [1.82, 2.24) is 4.98 Å². The van der Waals surface area contributed by atoms with Crippen molar-refractivity contribution < 1.29 is 10.1 Å². The molecule has 2 N–H and O–H groups in total. The number of aromatic nitrogens is 1. The molecule has 6 nitrogen and oxygen atoms in total. The Balaban J connectivity index is 3.21. The van der Waals surface area contributed by atoms with Crippen LogP contribution in [0.25, 0.3) is 0 Å². The van der Waals surface area contributed by atoms with Crippen LogP contribution in [0.2, 0.25) is 0 Å². The highest BCUT2D eigenvalue weighted by molar-refractivity contribution is 14.1. The third-order valence-electron chi connectivity index (χ3n) is 1.14. The normalized spacial score (nSPS) is 9.50. The number of nitrogens with zero attached hydrogens (tertiary/aromatic N) is 2. The van der Waals surface area contributed by atoms with E-state index in [2.05, 4.69) is 4.98 Å². The Morgan fingerprint density at radius 3 is 2.92 bits per heavy atom. The quantitative estimate of drug-likeness (QED) is 0.486. The largest absolute Gasteiger partial charge is 0.314 e. The highest BCUT2D eigenvalue weighted by atomic mass is 127. The summed E-state index contributed by atoms with van der Waals surface area (Å²) in [6, 6.07) is 1.31. The summed E-state index contributed by atoms with van der Waals surface area (Å²) in [5.74, 6) is -0.152. The number of nitrogens with one attached hydrogen (secondary N) is 1. The van der Waals surface area contributed by atoms with E-state index in [-0.39, 0.29) is 11.5 Å². The Kier molecular flexibility index (Phi) is 2.76. The molecule has 0 amide bonds. The molecule has 0 spiro atoms. The number of hydrogen-bond acceptors (Lipinski definition) is 5. The second-order valence-corrected chi connectivity index (χ2v) is 3.14. The van der Waals surface area contributed by atoms with Gasteiger partial charge in [-0.2, -0.15) is 0 Å². The van der Waals surface area contributed by atoms with Crippen molar-refractivity contribution >= 4 is 34.1 Å². The molecule has 1 aromatic rings. The van der Waals surface area contributed by atoms with Crippen LogP contribution >= 0.6 is 22.6 Å². The maximum absolute atomic E-state index is 10.3. The van der Waals surface area contributed by atoms with Crippen LogP contribution in [-0.2, 0) is 0 Å². The van der Waals surface area contributed by atoms with E-state index >= 15 is 0 Å². The van der Waals surface area contributed by atoms with Crippen molar-refractivity contribution in [3.05, 3.63) is 25.9 Å². The maximum atomic E-state index is 10.3. The van der Waals surface area contributed by atoms with Crippen LogP contribution in [-0.4, -0.2) is 15.1 Å². The third kappa shape index (κ3) is 1.80. The molecule has 1 heterocycles. The topological polar surface area (TPSA) is 88.3 Å². The lowest BCUT2D eigenvalue weighted by Crippen LogP contribution is -1.99. The first kappa shape index (κ1) is 9.13. The molecule has 0 bridgehead atoms. The molecule has 0 aliphatic heterocycles. The summed E-state index contributed by atoms with van der Waals surface area (Å²) >= 11 is 1.90. The van der Waals surface area contributed by atoms with Gasteiger partial charge in [0.05, 0.1) is 4.92 Å². The molecule has 0 aromatic carbocycles. The Labute approximate surface area is 80.9 Å². The molecule has 64 valence electrons. The molecule has 0 saturated carbocycles. The van der Waals surface area contributed by atoms with Gasteiger partial charge in [-0.25, -0.2) is 10.5 Å². The molecule has 0 unspecified atom stereocenters. The lowest BCUT2D eigenvalue weighted by atomic mass is 10.4. The minimum absolute atomic E-state index is 0.152. The smallest absolute Gasteiger partial charge is 0.289 e. The molecular formula is C5H4IN3O3. The van der Waals surface area contributed by atoms with Gasteiger partial charge in [0.1, 0.15) is 0 Å². The first-order valence-electron chi connectivity index (χ1n) is 2.85. The minimum atomic E-state index is -0.617. The fourth-order valence-corrected chi connectivity index (χ4v) is 1.09. The SMILES string of the molecule is O=[N+]([O-])c1cc(I)cnc1NO. The van der Waals surface area contributed by atoms with E-state index in [1.54, 1.807) is 5.48 Å². The number of rotatable bonds is 2. The van der Waals surface area contributed by atoms with Crippen molar-refractivity contribution in [3.8, 4) is 0 Å². The molecule has 0 fully saturated rings. The molecule has 0 aliphatic carbocycles. The minimum Gasteiger partial charge on any atom is -0.289 e. The highest BCUT2D eigenvalue weighted by Crippen LogP contribution is 2.22. The molecule has 0 radical (unpaired) electrons. The molecule has 1 aromatic heterocycles. The predicted molar refractivity (Wildman–Crippen MR) is 49.0 cm³/mol. The number of hydrogen-bond donors (Lipinski definition) is 2. The van der Waals surface area contributed by atoms with Crippen LogP contribution < -0.4 is 5.48 Å². The average molecular weight is 281 g/mol. The van der Waals surface area contributed by atoms with Crippen molar-refractivity contribution in [2.24, 2.45) is 0 Å². The number of anilines is 1. The van der Waals surface area contributed by atoms with E-state index in [4.69, 9.17) is 5.21 Å². The number of nitro groups is 1. The van der Waals surface area contributed by atoms with Crippen molar-refractivity contribution in [3.63, 3.8) is 0 Å². The van der Waals surface area contributed by atoms with Crippen LogP contribution in [0.1, 0.15) is 0 Å². The van der Waals surface area contributed by atoms with Crippen LogP contribution in [0.3, 0.4) is 0 Å². The summed E-state index contributed by atoms with van der Waals surface area (Å²) in [5, 5.41) is 18.8. The van der Waals surface area contributed by atoms with Gasteiger partial charge in [-0.05, 0) is 22.6 Å². The van der Waals surface area contributed by atoms with E-state index < -0.39 is 4.92 Å². The first-order valence-corrected chi connectivity index (χ1v) is 3.93. The van der Waals surface area contributed by atoms with Gasteiger partial charge in [0.25, 0.3) is 0 Å². The molecular weight excluding hydrogens is 277 g/mol. The summed E-state index contributed by atoms with van der Waals surface area (Å²) < 4.78 is 0.637. The van der Waals surface area contributed by atoms with Crippen LogP contribution in [0.4, 0.5) is 11.5 Å². The van der Waals surface area contributed by atoms with Gasteiger partial charge in [0.15, 0.2) is 0 Å². The Morgan fingerprint density at radius 2 is 2.42 bits per heavy atom. The Bertz CT molecular complexity index is 317. The van der Waals surface area contributed by atoms with Gasteiger partial charge in [0, 0.05) is 15.8 Å². The van der Waals surface area contributed by atoms with E-state index in [0.29, 0.717) is 3.57 Å². The van der Waals surface area contributed by atoms with E-state index in [1.807, 2.05) is 22.6 Å². The van der Waals surface area contributed by atoms with Crippen LogP contribution in [0.5, 0.6) is 0 Å². The van der Waals surface area contributed by atoms with Gasteiger partial charge in [0.2, 0.25) is 5.82 Å². The van der Waals surface area contributed by atoms with Crippen molar-refractivity contribution in [2.45, 2.75) is 0 Å². The zero-order valence-electron chi connectivity index (χ0n) is 5.69. The molecule has 0 aliphatic rings. The summed E-state index contributed by atoms with van der Waals surface area (Å²) in [5.41, 5.74) is 1.40. The van der Waals surface area contributed by atoms with Gasteiger partial charge >= 0.3 is 5.69 Å². The Hall–Kier alpha value is -0.960. The molecule has 7 heteroatoms. The van der Waals surface area contributed by atoms with Crippen molar-refractivity contribution in [2.75, 3.05) is 5.48 Å². The predicted octanol–water partition coefficient (Wildman–Crippen LogP) is 1.40. The van der Waals surface area contributed by atoms with Gasteiger partial charge in [-0.15, -0.1) is 0 Å². The maximum Gasteiger partial charge on any atom is 0.314 e. The first-order chi connectivity index (χ1) is 5.65. The van der Waals surface area contributed by atoms with Gasteiger partial charge in [-0.3, -0.25) is 15.3 Å². The lowest BCUT2D eigenvalue weighted by Gasteiger charge is -1.98. The average Bonchev–Trinajstić information content (AvgIpc) is 2.04. The van der Waals surface area contributed by atoms with Gasteiger partial charge in [-0.1, -0.05) is 0 Å². The fraction of sp³-hybridized carbons (Fsp3) is 0. The fourth-order valence-electron chi connectivity index (χ4n) is 0.654. The summed E-state index contributed by atoms with van der Waals surface area (Å²) in [6.07, 6.45) is 1.41. The Morgan fingerprint density at radius 1 is 1.75 bits per heavy atom. The second kappa shape index (κ2) is 3.63. The van der Waals surface area contributed by atoms with Crippen molar-refractivity contribution in [1.29, 1.82) is 0 Å². The van der Waals surface area contributed by atoms with Crippen LogP contribution in [0, 0.1) is 13.7 Å². The van der Waals surface area contributed by atoms with E-state index in [1.165, 1.54) is 12.3 Å². The zero-order chi connectivity index (χ0) is 9.14. The molecule has 1 rings (SSSR count). The van der Waals surface area contributed by atoms with Gasteiger partial charge < -0.3 is 0 Å². The van der Waals surface area contributed by atoms with E-state index in [9.17, 15) is 10.1 Å².